The van der Waals surface area contributed by atoms with Crippen molar-refractivity contribution in [3.63, 3.8) is 0 Å². The van der Waals surface area contributed by atoms with Gasteiger partial charge in [0, 0.05) is 17.6 Å². The SMILES string of the molecule is CCOC(=O)c1cccn1S(=O)(=O)c1cc(Cl)ccc1NC(=O)CC(C)C. The van der Waals surface area contributed by atoms with Crippen LogP contribution in [0.1, 0.15) is 37.7 Å². The predicted octanol–water partition coefficient (Wildman–Crippen LogP) is 3.54. The lowest BCUT2D eigenvalue weighted by molar-refractivity contribution is -0.116. The van der Waals surface area contributed by atoms with E-state index < -0.39 is 16.0 Å². The maximum Gasteiger partial charge on any atom is 0.355 e. The number of nitrogens with one attached hydrogen (secondary N) is 1. The van der Waals surface area contributed by atoms with Gasteiger partial charge in [-0.1, -0.05) is 25.4 Å². The molecule has 0 bridgehead atoms. The van der Waals surface area contributed by atoms with Crippen LogP contribution in [0.5, 0.6) is 0 Å². The lowest BCUT2D eigenvalue weighted by Crippen LogP contribution is -2.22. The molecule has 1 N–H and O–H groups in total. The summed E-state index contributed by atoms with van der Waals surface area (Å²) in [5.41, 5.74) is -0.0511. The van der Waals surface area contributed by atoms with Gasteiger partial charge in [0.15, 0.2) is 0 Å². The molecule has 7 nitrogen and oxygen atoms in total. The van der Waals surface area contributed by atoms with E-state index in [1.165, 1.54) is 36.5 Å². The number of anilines is 1. The third-order valence-electron chi connectivity index (χ3n) is 3.55. The Bertz CT molecular complexity index is 950. The zero-order valence-corrected chi connectivity index (χ0v) is 16.8. The maximum atomic E-state index is 13.1. The highest BCUT2D eigenvalue weighted by Crippen LogP contribution is 2.28. The maximum absolute atomic E-state index is 13.1. The van der Waals surface area contributed by atoms with Gasteiger partial charge in [0.1, 0.15) is 10.6 Å². The van der Waals surface area contributed by atoms with Crippen LogP contribution in [0.3, 0.4) is 0 Å². The molecule has 0 atom stereocenters. The molecule has 0 saturated carbocycles. The second-order valence-electron chi connectivity index (χ2n) is 6.20. The number of aromatic nitrogens is 1. The number of hydrogen-bond acceptors (Lipinski definition) is 5. The third-order valence-corrected chi connectivity index (χ3v) is 5.51. The number of esters is 1. The molecule has 2 aromatic rings. The van der Waals surface area contributed by atoms with E-state index in [-0.39, 0.29) is 46.2 Å². The molecule has 0 spiro atoms. The number of carbonyl (C=O) groups is 2. The van der Waals surface area contributed by atoms with Gasteiger partial charge >= 0.3 is 5.97 Å². The molecule has 0 aliphatic heterocycles. The molecule has 27 heavy (non-hydrogen) atoms. The summed E-state index contributed by atoms with van der Waals surface area (Å²) in [5.74, 6) is -0.974. The molecule has 0 aliphatic carbocycles. The van der Waals surface area contributed by atoms with E-state index in [0.29, 0.717) is 0 Å². The van der Waals surface area contributed by atoms with Crippen molar-refractivity contribution in [2.45, 2.75) is 32.1 Å². The molecule has 0 unspecified atom stereocenters. The fourth-order valence-electron chi connectivity index (χ4n) is 2.43. The van der Waals surface area contributed by atoms with E-state index >= 15 is 0 Å². The summed E-state index contributed by atoms with van der Waals surface area (Å²) >= 11 is 5.98. The van der Waals surface area contributed by atoms with Crippen molar-refractivity contribution in [2.75, 3.05) is 11.9 Å². The van der Waals surface area contributed by atoms with Gasteiger partial charge in [0.05, 0.1) is 12.3 Å². The Balaban J connectivity index is 2.51. The number of amides is 1. The average molecular weight is 413 g/mol. The number of ether oxygens (including phenoxy) is 1. The quantitative estimate of drug-likeness (QED) is 0.702. The number of rotatable bonds is 7. The smallest absolute Gasteiger partial charge is 0.355 e. The molecule has 9 heteroatoms. The highest BCUT2D eigenvalue weighted by Gasteiger charge is 2.27. The highest BCUT2D eigenvalue weighted by atomic mass is 35.5. The first kappa shape index (κ1) is 21.0. The normalized spacial score (nSPS) is 11.4. The number of benzene rings is 1. The van der Waals surface area contributed by atoms with Crippen molar-refractivity contribution in [1.82, 2.24) is 3.97 Å². The standard InChI is InChI=1S/C18H21ClN2O5S/c1-4-26-18(23)15-6-5-9-21(15)27(24,25)16-11-13(19)7-8-14(16)20-17(22)10-12(2)3/h5-9,11-12H,4,10H2,1-3H3,(H,20,22). The molecule has 2 rings (SSSR count). The van der Waals surface area contributed by atoms with E-state index in [9.17, 15) is 18.0 Å². The molecule has 1 aromatic carbocycles. The first-order valence-electron chi connectivity index (χ1n) is 8.36. The van der Waals surface area contributed by atoms with Crippen molar-refractivity contribution < 1.29 is 22.7 Å². The van der Waals surface area contributed by atoms with Crippen molar-refractivity contribution in [3.05, 3.63) is 47.2 Å². The molecular formula is C18H21ClN2O5S. The van der Waals surface area contributed by atoms with Crippen molar-refractivity contribution in [3.8, 4) is 0 Å². The summed E-state index contributed by atoms with van der Waals surface area (Å²) < 4.78 is 32.0. The van der Waals surface area contributed by atoms with Gasteiger partial charge in [0.25, 0.3) is 10.0 Å². The van der Waals surface area contributed by atoms with Crippen LogP contribution in [-0.2, 0) is 19.6 Å². The largest absolute Gasteiger partial charge is 0.461 e. The Morgan fingerprint density at radius 3 is 2.59 bits per heavy atom. The first-order chi connectivity index (χ1) is 12.7. The molecule has 1 aromatic heterocycles. The molecule has 0 aliphatic rings. The Labute approximate surface area is 163 Å². The summed E-state index contributed by atoms with van der Waals surface area (Å²) in [6.07, 6.45) is 1.47. The Kier molecular flexibility index (Phi) is 6.67. The van der Waals surface area contributed by atoms with Gasteiger partial charge in [-0.15, -0.1) is 0 Å². The zero-order valence-electron chi connectivity index (χ0n) is 15.2. The number of nitrogens with zero attached hydrogens (tertiary/aromatic N) is 1. The van der Waals surface area contributed by atoms with Crippen LogP contribution in [0, 0.1) is 5.92 Å². The van der Waals surface area contributed by atoms with E-state index in [1.807, 2.05) is 13.8 Å². The lowest BCUT2D eigenvalue weighted by Gasteiger charge is -2.15. The van der Waals surface area contributed by atoms with Gasteiger partial charge in [-0.25, -0.2) is 17.2 Å². The molecule has 0 fully saturated rings. The topological polar surface area (TPSA) is 94.5 Å². The monoisotopic (exact) mass is 412 g/mol. The van der Waals surface area contributed by atoms with Crippen molar-refractivity contribution in [1.29, 1.82) is 0 Å². The van der Waals surface area contributed by atoms with E-state index in [1.54, 1.807) is 6.92 Å². The minimum Gasteiger partial charge on any atom is -0.461 e. The summed E-state index contributed by atoms with van der Waals surface area (Å²) in [6.45, 7) is 5.49. The van der Waals surface area contributed by atoms with Crippen LogP contribution < -0.4 is 5.32 Å². The van der Waals surface area contributed by atoms with Crippen LogP contribution in [0.2, 0.25) is 5.02 Å². The third kappa shape index (κ3) is 4.90. The molecule has 1 amide bonds. The van der Waals surface area contributed by atoms with E-state index in [2.05, 4.69) is 5.32 Å². The predicted molar refractivity (Wildman–Crippen MR) is 103 cm³/mol. The van der Waals surface area contributed by atoms with Crippen LogP contribution in [-0.4, -0.2) is 30.9 Å². The van der Waals surface area contributed by atoms with Gasteiger partial charge in [-0.3, -0.25) is 4.79 Å². The highest BCUT2D eigenvalue weighted by molar-refractivity contribution is 7.90. The summed E-state index contributed by atoms with van der Waals surface area (Å²) in [4.78, 5) is 24.0. The van der Waals surface area contributed by atoms with Gasteiger partial charge < -0.3 is 10.1 Å². The minimum atomic E-state index is -4.20. The second kappa shape index (κ2) is 8.58. The van der Waals surface area contributed by atoms with Crippen LogP contribution >= 0.6 is 11.6 Å². The van der Waals surface area contributed by atoms with E-state index in [4.69, 9.17) is 16.3 Å². The van der Waals surface area contributed by atoms with Gasteiger partial charge in [-0.2, -0.15) is 0 Å². The average Bonchev–Trinajstić information content (AvgIpc) is 3.06. The lowest BCUT2D eigenvalue weighted by atomic mass is 10.1. The molecule has 0 radical (unpaired) electrons. The van der Waals surface area contributed by atoms with E-state index in [0.717, 1.165) is 3.97 Å². The summed E-state index contributed by atoms with van der Waals surface area (Å²) in [7, 11) is -4.20. The zero-order chi connectivity index (χ0) is 20.2. The Morgan fingerprint density at radius 1 is 1.26 bits per heavy atom. The number of hydrogen-bond donors (Lipinski definition) is 1. The van der Waals surface area contributed by atoms with Crippen LogP contribution in [0.4, 0.5) is 5.69 Å². The fourth-order valence-corrected chi connectivity index (χ4v) is 4.18. The number of halogens is 1. The molecule has 146 valence electrons. The van der Waals surface area contributed by atoms with Crippen molar-refractivity contribution in [2.24, 2.45) is 5.92 Å². The summed E-state index contributed by atoms with van der Waals surface area (Å²) in [5, 5.41) is 2.79. The van der Waals surface area contributed by atoms with Crippen LogP contribution in [0.15, 0.2) is 41.4 Å². The van der Waals surface area contributed by atoms with Crippen LogP contribution in [0.25, 0.3) is 0 Å². The minimum absolute atomic E-state index is 0.0913. The summed E-state index contributed by atoms with van der Waals surface area (Å²) in [6, 6.07) is 6.90. The second-order valence-corrected chi connectivity index (χ2v) is 8.42. The van der Waals surface area contributed by atoms with Crippen molar-refractivity contribution >= 4 is 39.2 Å². The van der Waals surface area contributed by atoms with Gasteiger partial charge in [-0.05, 0) is 43.2 Å². The Hall–Kier alpha value is -2.32. The number of carbonyl (C=O) groups excluding carboxylic acids is 2. The first-order valence-corrected chi connectivity index (χ1v) is 10.2. The molecule has 1 heterocycles. The molecule has 0 saturated heterocycles. The fraction of sp³-hybridized carbons (Fsp3) is 0.333. The van der Waals surface area contributed by atoms with Gasteiger partial charge in [0.2, 0.25) is 5.91 Å². The molecular weight excluding hydrogens is 392 g/mol. The Morgan fingerprint density at radius 2 is 1.96 bits per heavy atom.